The second kappa shape index (κ2) is 5.71. The largest absolute Gasteiger partial charge is 0.0619 e. The van der Waals surface area contributed by atoms with E-state index in [1.807, 2.05) is 0 Å². The summed E-state index contributed by atoms with van der Waals surface area (Å²) in [4.78, 5) is 0. The number of rotatable bonds is 2. The normalized spacial score (nSPS) is 36.9. The van der Waals surface area contributed by atoms with Crippen LogP contribution in [0.25, 0.3) is 0 Å². The zero-order chi connectivity index (χ0) is 16.3. The molecule has 0 spiro atoms. The zero-order valence-electron chi connectivity index (χ0n) is 13.7. The minimum absolute atomic E-state index is 0.318. The van der Waals surface area contributed by atoms with Crippen molar-refractivity contribution in [2.45, 2.75) is 43.4 Å². The molecule has 2 aromatic rings. The Balaban J connectivity index is 1.72. The first-order valence-corrected chi connectivity index (χ1v) is 10.8. The van der Waals surface area contributed by atoms with Crippen LogP contribution in [0.3, 0.4) is 0 Å². The summed E-state index contributed by atoms with van der Waals surface area (Å²) < 4.78 is 2.61. The second-order valence-corrected chi connectivity index (χ2v) is 9.95. The van der Waals surface area contributed by atoms with Gasteiger partial charge in [-0.05, 0) is 79.0 Å². The van der Waals surface area contributed by atoms with Crippen molar-refractivity contribution < 1.29 is 0 Å². The van der Waals surface area contributed by atoms with Gasteiger partial charge in [-0.2, -0.15) is 0 Å². The van der Waals surface area contributed by atoms with Crippen LogP contribution in [-0.4, -0.2) is 0 Å². The van der Waals surface area contributed by atoms with Gasteiger partial charge in [0.2, 0.25) is 0 Å². The van der Waals surface area contributed by atoms with E-state index in [-0.39, 0.29) is 0 Å². The van der Waals surface area contributed by atoms with Crippen LogP contribution in [0, 0.1) is 17.8 Å². The highest BCUT2D eigenvalue weighted by Gasteiger charge is 2.58. The summed E-state index contributed by atoms with van der Waals surface area (Å²) in [6.45, 7) is 0. The first kappa shape index (κ1) is 15.6. The molecule has 3 unspecified atom stereocenters. The van der Waals surface area contributed by atoms with Gasteiger partial charge in [-0.15, -0.1) is 0 Å². The summed E-state index contributed by atoms with van der Waals surface area (Å²) >= 11 is 7.76. The van der Waals surface area contributed by atoms with E-state index >= 15 is 0 Å². The van der Waals surface area contributed by atoms with Crippen molar-refractivity contribution in [1.82, 2.24) is 0 Å². The molecule has 2 heteroatoms. The standard InChI is InChI=1S/C22H22Br2/c23-19-7-3-1-5-17(19)21-16-10-14-9-15(11-16)13-22(21,12-14)18-6-2-4-8-20(18)24/h1-8,14-16,21H,9-13H2. The molecular formula is C22H22Br2. The lowest BCUT2D eigenvalue weighted by atomic mass is 9.42. The summed E-state index contributed by atoms with van der Waals surface area (Å²) in [5.41, 5.74) is 3.42. The summed E-state index contributed by atoms with van der Waals surface area (Å²) in [6.07, 6.45) is 7.10. The van der Waals surface area contributed by atoms with Crippen molar-refractivity contribution in [3.63, 3.8) is 0 Å². The molecule has 0 amide bonds. The Hall–Kier alpha value is -0.600. The van der Waals surface area contributed by atoms with Crippen molar-refractivity contribution in [3.8, 4) is 0 Å². The Bertz CT molecular complexity index is 767. The molecule has 0 saturated heterocycles. The zero-order valence-corrected chi connectivity index (χ0v) is 16.9. The quantitative estimate of drug-likeness (QED) is 0.463. The average molecular weight is 446 g/mol. The number of benzene rings is 2. The molecule has 6 rings (SSSR count). The van der Waals surface area contributed by atoms with Gasteiger partial charge < -0.3 is 0 Å². The van der Waals surface area contributed by atoms with E-state index in [1.54, 1.807) is 5.56 Å². The fraction of sp³-hybridized carbons (Fsp3) is 0.455. The summed E-state index contributed by atoms with van der Waals surface area (Å²) in [6, 6.07) is 18.0. The van der Waals surface area contributed by atoms with Crippen LogP contribution >= 0.6 is 31.9 Å². The number of hydrogen-bond acceptors (Lipinski definition) is 0. The van der Waals surface area contributed by atoms with Crippen LogP contribution in [0.4, 0.5) is 0 Å². The van der Waals surface area contributed by atoms with Gasteiger partial charge in [0.25, 0.3) is 0 Å². The lowest BCUT2D eigenvalue weighted by molar-refractivity contribution is -0.0286. The topological polar surface area (TPSA) is 0 Å². The van der Waals surface area contributed by atoms with E-state index in [4.69, 9.17) is 0 Å². The molecule has 0 aliphatic heterocycles. The first-order valence-electron chi connectivity index (χ1n) is 9.17. The maximum atomic E-state index is 3.89. The minimum Gasteiger partial charge on any atom is -0.0619 e. The molecule has 4 saturated carbocycles. The Morgan fingerprint density at radius 3 is 2.04 bits per heavy atom. The van der Waals surface area contributed by atoms with Gasteiger partial charge in [0.05, 0.1) is 0 Å². The van der Waals surface area contributed by atoms with Crippen molar-refractivity contribution in [2.75, 3.05) is 0 Å². The van der Waals surface area contributed by atoms with E-state index < -0.39 is 0 Å². The Labute approximate surface area is 161 Å². The van der Waals surface area contributed by atoms with Crippen LogP contribution in [0.15, 0.2) is 57.5 Å². The SMILES string of the molecule is Brc1ccccc1C1C2CC3CC(C2)CC1(c1ccccc1Br)C3. The predicted molar refractivity (Wildman–Crippen MR) is 106 cm³/mol. The minimum atomic E-state index is 0.318. The van der Waals surface area contributed by atoms with Crippen molar-refractivity contribution in [3.05, 3.63) is 68.6 Å². The molecule has 0 N–H and O–H groups in total. The average Bonchev–Trinajstić information content (AvgIpc) is 2.56. The van der Waals surface area contributed by atoms with Crippen LogP contribution in [0.2, 0.25) is 0 Å². The van der Waals surface area contributed by atoms with Crippen molar-refractivity contribution in [2.24, 2.45) is 17.8 Å². The molecule has 4 bridgehead atoms. The van der Waals surface area contributed by atoms with Gasteiger partial charge in [-0.25, -0.2) is 0 Å². The van der Waals surface area contributed by atoms with Gasteiger partial charge >= 0.3 is 0 Å². The second-order valence-electron chi connectivity index (χ2n) is 8.24. The molecule has 3 atom stereocenters. The lowest BCUT2D eigenvalue weighted by Crippen LogP contribution is -2.54. The van der Waals surface area contributed by atoms with Gasteiger partial charge in [0, 0.05) is 14.4 Å². The molecular weight excluding hydrogens is 424 g/mol. The first-order chi connectivity index (χ1) is 11.7. The highest BCUT2D eigenvalue weighted by atomic mass is 79.9. The Morgan fingerprint density at radius 1 is 0.750 bits per heavy atom. The highest BCUT2D eigenvalue weighted by Crippen LogP contribution is 2.67. The molecule has 4 aliphatic carbocycles. The number of hydrogen-bond donors (Lipinski definition) is 0. The molecule has 2 aromatic carbocycles. The van der Waals surface area contributed by atoms with E-state index in [0.29, 0.717) is 11.3 Å². The van der Waals surface area contributed by atoms with Gasteiger partial charge in [-0.3, -0.25) is 0 Å². The van der Waals surface area contributed by atoms with Gasteiger partial charge in [0.15, 0.2) is 0 Å². The molecule has 0 heterocycles. The van der Waals surface area contributed by atoms with E-state index in [2.05, 4.69) is 80.4 Å². The molecule has 24 heavy (non-hydrogen) atoms. The fourth-order valence-electron chi connectivity index (χ4n) is 6.57. The van der Waals surface area contributed by atoms with Crippen LogP contribution in [0.1, 0.15) is 49.1 Å². The Kier molecular flexibility index (Phi) is 3.72. The number of halogens is 2. The molecule has 0 nitrogen and oxygen atoms in total. The third-order valence-electron chi connectivity index (χ3n) is 6.96. The molecule has 4 fully saturated rings. The molecule has 124 valence electrons. The van der Waals surface area contributed by atoms with E-state index in [0.717, 1.165) is 17.8 Å². The maximum Gasteiger partial charge on any atom is 0.0213 e. The summed E-state index contributed by atoms with van der Waals surface area (Å²) in [5, 5.41) is 0. The Morgan fingerprint density at radius 2 is 1.38 bits per heavy atom. The van der Waals surface area contributed by atoms with Gasteiger partial charge in [0.1, 0.15) is 0 Å². The summed E-state index contributed by atoms with van der Waals surface area (Å²) in [7, 11) is 0. The van der Waals surface area contributed by atoms with Crippen LogP contribution in [0.5, 0.6) is 0 Å². The van der Waals surface area contributed by atoms with Crippen LogP contribution < -0.4 is 0 Å². The van der Waals surface area contributed by atoms with Crippen molar-refractivity contribution >= 4 is 31.9 Å². The third-order valence-corrected chi connectivity index (χ3v) is 8.38. The third kappa shape index (κ3) is 2.22. The monoisotopic (exact) mass is 444 g/mol. The highest BCUT2D eigenvalue weighted by molar-refractivity contribution is 9.10. The summed E-state index contributed by atoms with van der Waals surface area (Å²) in [5.74, 6) is 3.38. The molecule has 4 aliphatic rings. The van der Waals surface area contributed by atoms with Gasteiger partial charge in [-0.1, -0.05) is 68.3 Å². The lowest BCUT2D eigenvalue weighted by Gasteiger charge is -2.62. The van der Waals surface area contributed by atoms with Crippen LogP contribution in [-0.2, 0) is 5.41 Å². The molecule has 0 radical (unpaired) electrons. The fourth-order valence-corrected chi connectivity index (χ4v) is 7.78. The van der Waals surface area contributed by atoms with E-state index in [9.17, 15) is 0 Å². The molecule has 0 aromatic heterocycles. The van der Waals surface area contributed by atoms with E-state index in [1.165, 1.54) is 46.6 Å². The smallest absolute Gasteiger partial charge is 0.0213 e. The van der Waals surface area contributed by atoms with Crippen molar-refractivity contribution in [1.29, 1.82) is 0 Å². The predicted octanol–water partition coefficient (Wildman–Crippen LogP) is 7.07. The maximum absolute atomic E-state index is 3.89.